The maximum atomic E-state index is 4.25. The average molecular weight is 270 g/mol. The predicted molar refractivity (Wildman–Crippen MR) is 63.8 cm³/mol. The summed E-state index contributed by atoms with van der Waals surface area (Å²) in [5, 5.41) is 1.08. The van der Waals surface area contributed by atoms with Crippen LogP contribution >= 0.6 is 15.9 Å². The molecule has 0 bridgehead atoms. The minimum absolute atomic E-state index is 0.425. The Bertz CT molecular complexity index is 317. The van der Waals surface area contributed by atoms with E-state index in [2.05, 4.69) is 37.7 Å². The molecule has 1 unspecified atom stereocenters. The fourth-order valence-corrected chi connectivity index (χ4v) is 2.44. The van der Waals surface area contributed by atoms with Crippen molar-refractivity contribution in [3.05, 3.63) is 24.3 Å². The molecule has 2 rings (SSSR count). The van der Waals surface area contributed by atoms with E-state index in [0.717, 1.165) is 30.8 Å². The van der Waals surface area contributed by atoms with Crippen molar-refractivity contribution >= 4 is 15.9 Å². The van der Waals surface area contributed by atoms with Crippen molar-refractivity contribution < 1.29 is 0 Å². The maximum absolute atomic E-state index is 4.25. The molecule has 0 spiro atoms. The lowest BCUT2D eigenvalue weighted by Gasteiger charge is -2.21. The highest BCUT2D eigenvalue weighted by Gasteiger charge is 2.32. The van der Waals surface area contributed by atoms with E-state index in [1.165, 1.54) is 6.42 Å². The number of nitrogens with zero attached hydrogens (tertiary/aromatic N) is 3. The molecule has 0 radical (unpaired) electrons. The molecule has 1 aliphatic rings. The molecule has 3 nitrogen and oxygen atoms in total. The summed E-state index contributed by atoms with van der Waals surface area (Å²) in [6.07, 6.45) is 4.87. The Kier molecular flexibility index (Phi) is 3.36. The molecule has 1 fully saturated rings. The molecule has 1 aliphatic heterocycles. The highest BCUT2D eigenvalue weighted by molar-refractivity contribution is 9.09. The monoisotopic (exact) mass is 269 g/mol. The zero-order valence-corrected chi connectivity index (χ0v) is 10.6. The third-order valence-corrected chi connectivity index (χ3v) is 4.30. The van der Waals surface area contributed by atoms with Crippen LogP contribution in [0.25, 0.3) is 0 Å². The van der Waals surface area contributed by atoms with Crippen molar-refractivity contribution in [2.45, 2.75) is 19.9 Å². The topological polar surface area (TPSA) is 29.0 Å². The van der Waals surface area contributed by atoms with Gasteiger partial charge in [0.2, 0.25) is 0 Å². The zero-order valence-electron chi connectivity index (χ0n) is 8.99. The van der Waals surface area contributed by atoms with E-state index in [9.17, 15) is 0 Å². The van der Waals surface area contributed by atoms with Crippen LogP contribution in [0.4, 0.5) is 0 Å². The second kappa shape index (κ2) is 4.58. The van der Waals surface area contributed by atoms with Crippen molar-refractivity contribution in [1.29, 1.82) is 0 Å². The van der Waals surface area contributed by atoms with Gasteiger partial charge in [0.15, 0.2) is 0 Å². The SMILES string of the molecule is CC1(CBr)CCN(Cc2ncccn2)C1. The Labute approximate surface area is 99.0 Å². The lowest BCUT2D eigenvalue weighted by atomic mass is 9.93. The second-order valence-corrected chi connectivity index (χ2v) is 5.13. The summed E-state index contributed by atoms with van der Waals surface area (Å²) in [6.45, 7) is 5.49. The molecule has 2 heterocycles. The fourth-order valence-electron chi connectivity index (χ4n) is 1.98. The summed E-state index contributed by atoms with van der Waals surface area (Å²) >= 11 is 3.59. The van der Waals surface area contributed by atoms with Crippen LogP contribution in [0, 0.1) is 5.41 Å². The minimum atomic E-state index is 0.425. The first-order valence-electron chi connectivity index (χ1n) is 5.26. The Morgan fingerprint density at radius 3 is 2.80 bits per heavy atom. The number of aromatic nitrogens is 2. The van der Waals surface area contributed by atoms with Crippen LogP contribution in [-0.4, -0.2) is 33.3 Å². The van der Waals surface area contributed by atoms with Gasteiger partial charge in [-0.1, -0.05) is 22.9 Å². The third kappa shape index (κ3) is 2.75. The summed E-state index contributed by atoms with van der Waals surface area (Å²) in [5.41, 5.74) is 0.425. The molecule has 0 N–H and O–H groups in total. The van der Waals surface area contributed by atoms with E-state index in [0.29, 0.717) is 5.41 Å². The number of rotatable bonds is 3. The fraction of sp³-hybridized carbons (Fsp3) is 0.636. The quantitative estimate of drug-likeness (QED) is 0.787. The van der Waals surface area contributed by atoms with Crippen LogP contribution in [0.3, 0.4) is 0 Å². The van der Waals surface area contributed by atoms with E-state index in [1.807, 2.05) is 18.5 Å². The minimum Gasteiger partial charge on any atom is -0.295 e. The van der Waals surface area contributed by atoms with E-state index in [1.54, 1.807) is 0 Å². The molecule has 0 amide bonds. The number of likely N-dealkylation sites (tertiary alicyclic amines) is 1. The van der Waals surface area contributed by atoms with Crippen molar-refractivity contribution in [2.24, 2.45) is 5.41 Å². The van der Waals surface area contributed by atoms with E-state index in [-0.39, 0.29) is 0 Å². The van der Waals surface area contributed by atoms with Crippen molar-refractivity contribution in [3.63, 3.8) is 0 Å². The first-order valence-corrected chi connectivity index (χ1v) is 6.38. The lowest BCUT2D eigenvalue weighted by Crippen LogP contribution is -2.26. The first-order chi connectivity index (χ1) is 7.22. The van der Waals surface area contributed by atoms with Crippen molar-refractivity contribution in [1.82, 2.24) is 14.9 Å². The molecule has 1 aromatic rings. The number of hydrogen-bond acceptors (Lipinski definition) is 3. The predicted octanol–water partition coefficient (Wildman–Crippen LogP) is 2.08. The number of halogens is 1. The van der Waals surface area contributed by atoms with E-state index >= 15 is 0 Å². The van der Waals surface area contributed by atoms with Gasteiger partial charge in [0.25, 0.3) is 0 Å². The van der Waals surface area contributed by atoms with E-state index in [4.69, 9.17) is 0 Å². The summed E-state index contributed by atoms with van der Waals surface area (Å²) in [7, 11) is 0. The highest BCUT2D eigenvalue weighted by Crippen LogP contribution is 2.31. The number of hydrogen-bond donors (Lipinski definition) is 0. The normalized spacial score (nSPS) is 27.1. The Morgan fingerprint density at radius 1 is 1.47 bits per heavy atom. The summed E-state index contributed by atoms with van der Waals surface area (Å²) in [4.78, 5) is 10.9. The largest absolute Gasteiger partial charge is 0.295 e. The highest BCUT2D eigenvalue weighted by atomic mass is 79.9. The number of alkyl halides is 1. The van der Waals surface area contributed by atoms with Crippen LogP contribution in [-0.2, 0) is 6.54 Å². The van der Waals surface area contributed by atoms with Crippen LogP contribution in [0.5, 0.6) is 0 Å². The summed E-state index contributed by atoms with van der Waals surface area (Å²) in [6, 6.07) is 1.86. The molecule has 0 saturated carbocycles. The lowest BCUT2D eigenvalue weighted by molar-refractivity contribution is 0.282. The van der Waals surface area contributed by atoms with Gasteiger partial charge in [-0.2, -0.15) is 0 Å². The van der Waals surface area contributed by atoms with Crippen molar-refractivity contribution in [3.8, 4) is 0 Å². The molecule has 1 atom stereocenters. The smallest absolute Gasteiger partial charge is 0.142 e. The average Bonchev–Trinajstić information content (AvgIpc) is 2.63. The Morgan fingerprint density at radius 2 is 2.20 bits per heavy atom. The Balaban J connectivity index is 1.93. The van der Waals surface area contributed by atoms with Gasteiger partial charge in [0.05, 0.1) is 6.54 Å². The third-order valence-electron chi connectivity index (χ3n) is 2.94. The van der Waals surface area contributed by atoms with Gasteiger partial charge in [0.1, 0.15) is 5.82 Å². The summed E-state index contributed by atoms with van der Waals surface area (Å²) < 4.78 is 0. The van der Waals surface area contributed by atoms with Crippen LogP contribution in [0.15, 0.2) is 18.5 Å². The molecular formula is C11H16BrN3. The van der Waals surface area contributed by atoms with Gasteiger partial charge in [-0.15, -0.1) is 0 Å². The van der Waals surface area contributed by atoms with Gasteiger partial charge in [-0.05, 0) is 24.4 Å². The molecule has 82 valence electrons. The molecular weight excluding hydrogens is 254 g/mol. The van der Waals surface area contributed by atoms with Crippen LogP contribution in [0.1, 0.15) is 19.2 Å². The summed E-state index contributed by atoms with van der Waals surface area (Å²) in [5.74, 6) is 0.927. The molecule has 1 aromatic heterocycles. The van der Waals surface area contributed by atoms with Gasteiger partial charge in [-0.25, -0.2) is 9.97 Å². The standard InChI is InChI=1S/C11H16BrN3/c1-11(8-12)3-6-15(9-11)7-10-13-4-2-5-14-10/h2,4-5H,3,6-9H2,1H3. The second-order valence-electron chi connectivity index (χ2n) is 4.57. The van der Waals surface area contributed by atoms with Gasteiger partial charge >= 0.3 is 0 Å². The zero-order chi connectivity index (χ0) is 10.7. The van der Waals surface area contributed by atoms with E-state index < -0.39 is 0 Å². The first kappa shape index (κ1) is 11.0. The maximum Gasteiger partial charge on any atom is 0.142 e. The Hall–Kier alpha value is -0.480. The van der Waals surface area contributed by atoms with Crippen LogP contribution < -0.4 is 0 Å². The van der Waals surface area contributed by atoms with Crippen molar-refractivity contribution in [2.75, 3.05) is 18.4 Å². The molecule has 0 aliphatic carbocycles. The molecule has 1 saturated heterocycles. The molecule has 4 heteroatoms. The molecule has 0 aromatic carbocycles. The van der Waals surface area contributed by atoms with Gasteiger partial charge < -0.3 is 0 Å². The molecule has 15 heavy (non-hydrogen) atoms. The van der Waals surface area contributed by atoms with Crippen LogP contribution in [0.2, 0.25) is 0 Å². The van der Waals surface area contributed by atoms with Gasteiger partial charge in [0, 0.05) is 24.3 Å². The van der Waals surface area contributed by atoms with Gasteiger partial charge in [-0.3, -0.25) is 4.90 Å².